The number of nitrogens with one attached hydrogen (secondary N) is 1. The van der Waals surface area contributed by atoms with Crippen LogP contribution in [-0.4, -0.2) is 12.5 Å². The van der Waals surface area contributed by atoms with E-state index < -0.39 is 0 Å². The van der Waals surface area contributed by atoms with Gasteiger partial charge in [-0.3, -0.25) is 4.79 Å². The molecule has 0 fully saturated rings. The largest absolute Gasteiger partial charge is 0.494 e. The van der Waals surface area contributed by atoms with Crippen molar-refractivity contribution in [2.45, 2.75) is 52.3 Å². The number of halogens is 1. The van der Waals surface area contributed by atoms with Crippen LogP contribution in [0.25, 0.3) is 0 Å². The number of carbonyl (C=O) groups is 1. The van der Waals surface area contributed by atoms with E-state index in [9.17, 15) is 4.79 Å². The average molecular weight is 312 g/mol. The second kappa shape index (κ2) is 9.67. The van der Waals surface area contributed by atoms with Crippen molar-refractivity contribution >= 4 is 23.2 Å². The highest BCUT2D eigenvalue weighted by atomic mass is 35.5. The fraction of sp³-hybridized carbons (Fsp3) is 0.588. The van der Waals surface area contributed by atoms with Crippen LogP contribution >= 0.6 is 11.6 Å². The lowest BCUT2D eigenvalue weighted by Gasteiger charge is -2.16. The summed E-state index contributed by atoms with van der Waals surface area (Å²) in [5, 5.41) is 3.00. The van der Waals surface area contributed by atoms with Crippen LogP contribution in [-0.2, 0) is 10.7 Å². The summed E-state index contributed by atoms with van der Waals surface area (Å²) in [7, 11) is 0. The summed E-state index contributed by atoms with van der Waals surface area (Å²) in [5.74, 6) is 1.34. The molecule has 21 heavy (non-hydrogen) atoms. The van der Waals surface area contributed by atoms with Gasteiger partial charge >= 0.3 is 0 Å². The molecule has 0 aliphatic carbocycles. The van der Waals surface area contributed by atoms with E-state index in [1.807, 2.05) is 25.1 Å². The monoisotopic (exact) mass is 311 g/mol. The van der Waals surface area contributed by atoms with Crippen molar-refractivity contribution in [2.75, 3.05) is 11.9 Å². The maximum Gasteiger partial charge on any atom is 0.227 e. The quantitative estimate of drug-likeness (QED) is 0.653. The summed E-state index contributed by atoms with van der Waals surface area (Å²) in [5.41, 5.74) is 1.69. The molecule has 1 N–H and O–H groups in total. The van der Waals surface area contributed by atoms with Crippen LogP contribution in [0.3, 0.4) is 0 Å². The van der Waals surface area contributed by atoms with Gasteiger partial charge in [0.15, 0.2) is 0 Å². The highest BCUT2D eigenvalue weighted by molar-refractivity contribution is 6.17. The topological polar surface area (TPSA) is 38.3 Å². The molecule has 0 aromatic heterocycles. The zero-order valence-corrected chi connectivity index (χ0v) is 14.0. The molecule has 4 heteroatoms. The van der Waals surface area contributed by atoms with Gasteiger partial charge in [0.25, 0.3) is 0 Å². The van der Waals surface area contributed by atoms with E-state index >= 15 is 0 Å². The zero-order chi connectivity index (χ0) is 15.7. The smallest absolute Gasteiger partial charge is 0.227 e. The van der Waals surface area contributed by atoms with Crippen LogP contribution in [0.5, 0.6) is 5.75 Å². The number of rotatable bonds is 9. The number of carbonyl (C=O) groups excluding carboxylic acids is 1. The third-order valence-corrected chi connectivity index (χ3v) is 3.70. The number of amides is 1. The van der Waals surface area contributed by atoms with Crippen molar-refractivity contribution in [3.63, 3.8) is 0 Å². The fourth-order valence-corrected chi connectivity index (χ4v) is 2.61. The molecule has 0 aliphatic rings. The molecule has 0 saturated carbocycles. The van der Waals surface area contributed by atoms with E-state index in [1.165, 1.54) is 0 Å². The lowest BCUT2D eigenvalue weighted by Crippen LogP contribution is -2.22. The normalized spacial score (nSPS) is 10.7. The summed E-state index contributed by atoms with van der Waals surface area (Å²) < 4.78 is 5.52. The first-order valence-electron chi connectivity index (χ1n) is 7.78. The summed E-state index contributed by atoms with van der Waals surface area (Å²) in [6, 6.07) is 5.63. The molecule has 1 aromatic carbocycles. The first-order chi connectivity index (χ1) is 10.2. The van der Waals surface area contributed by atoms with Gasteiger partial charge in [-0.05, 0) is 38.0 Å². The standard InChI is InChI=1S/C17H26ClNO2/c1-4-7-13(8-5-2)17(20)19-15-9-10-16(21-6-3)14(11-15)12-18/h9-11,13H,4-8,12H2,1-3H3,(H,19,20). The van der Waals surface area contributed by atoms with Crippen molar-refractivity contribution in [1.29, 1.82) is 0 Å². The summed E-state index contributed by atoms with van der Waals surface area (Å²) in [6.45, 7) is 6.76. The van der Waals surface area contributed by atoms with Crippen LogP contribution in [0, 0.1) is 5.92 Å². The van der Waals surface area contributed by atoms with Gasteiger partial charge in [-0.25, -0.2) is 0 Å². The predicted molar refractivity (Wildman–Crippen MR) is 89.1 cm³/mol. The first-order valence-corrected chi connectivity index (χ1v) is 8.32. The Labute approximate surface area is 133 Å². The van der Waals surface area contributed by atoms with Gasteiger partial charge in [-0.2, -0.15) is 0 Å². The van der Waals surface area contributed by atoms with Crippen molar-refractivity contribution in [1.82, 2.24) is 0 Å². The summed E-state index contributed by atoms with van der Waals surface area (Å²) in [4.78, 5) is 12.3. The lowest BCUT2D eigenvalue weighted by molar-refractivity contribution is -0.120. The van der Waals surface area contributed by atoms with E-state index in [4.69, 9.17) is 16.3 Å². The Hall–Kier alpha value is -1.22. The van der Waals surface area contributed by atoms with Crippen LogP contribution in [0.1, 0.15) is 52.0 Å². The maximum absolute atomic E-state index is 12.3. The SMILES string of the molecule is CCCC(CCC)C(=O)Nc1ccc(OCC)c(CCl)c1. The lowest BCUT2D eigenvalue weighted by atomic mass is 9.97. The summed E-state index contributed by atoms with van der Waals surface area (Å²) >= 11 is 5.95. The van der Waals surface area contributed by atoms with Crippen LogP contribution in [0.15, 0.2) is 18.2 Å². The van der Waals surface area contributed by atoms with Crippen molar-refractivity contribution < 1.29 is 9.53 Å². The van der Waals surface area contributed by atoms with Crippen LogP contribution in [0.2, 0.25) is 0 Å². The maximum atomic E-state index is 12.3. The van der Waals surface area contributed by atoms with Crippen molar-refractivity contribution in [3.05, 3.63) is 23.8 Å². The molecule has 1 rings (SSSR count). The Morgan fingerprint density at radius 1 is 1.24 bits per heavy atom. The molecular formula is C17H26ClNO2. The molecule has 0 aliphatic heterocycles. The van der Waals surface area contributed by atoms with E-state index in [2.05, 4.69) is 19.2 Å². The summed E-state index contributed by atoms with van der Waals surface area (Å²) in [6.07, 6.45) is 3.90. The van der Waals surface area contributed by atoms with E-state index in [0.29, 0.717) is 12.5 Å². The Kier molecular flexibility index (Phi) is 8.21. The molecule has 0 atom stereocenters. The first kappa shape index (κ1) is 17.8. The minimum absolute atomic E-state index is 0.0889. The van der Waals surface area contributed by atoms with E-state index in [-0.39, 0.29) is 11.8 Å². The predicted octanol–water partition coefficient (Wildman–Crippen LogP) is 4.98. The molecular weight excluding hydrogens is 286 g/mol. The third-order valence-electron chi connectivity index (χ3n) is 3.42. The second-order valence-corrected chi connectivity index (χ2v) is 5.42. The average Bonchev–Trinajstić information content (AvgIpc) is 2.48. The Balaban J connectivity index is 2.79. The molecule has 0 saturated heterocycles. The van der Waals surface area contributed by atoms with Gasteiger partial charge in [-0.15, -0.1) is 11.6 Å². The fourth-order valence-electron chi connectivity index (χ4n) is 2.41. The number of hydrogen-bond acceptors (Lipinski definition) is 2. The third kappa shape index (κ3) is 5.58. The minimum Gasteiger partial charge on any atom is -0.494 e. The number of anilines is 1. The molecule has 0 bridgehead atoms. The molecule has 118 valence electrons. The zero-order valence-electron chi connectivity index (χ0n) is 13.2. The van der Waals surface area contributed by atoms with Gasteiger partial charge in [0, 0.05) is 17.2 Å². The number of benzene rings is 1. The molecule has 1 aromatic rings. The van der Waals surface area contributed by atoms with E-state index in [0.717, 1.165) is 42.7 Å². The highest BCUT2D eigenvalue weighted by Gasteiger charge is 2.17. The van der Waals surface area contributed by atoms with E-state index in [1.54, 1.807) is 0 Å². The van der Waals surface area contributed by atoms with Crippen LogP contribution < -0.4 is 10.1 Å². The Morgan fingerprint density at radius 3 is 2.43 bits per heavy atom. The van der Waals surface area contributed by atoms with Gasteiger partial charge in [-0.1, -0.05) is 26.7 Å². The second-order valence-electron chi connectivity index (χ2n) is 5.15. The van der Waals surface area contributed by atoms with Gasteiger partial charge < -0.3 is 10.1 Å². The molecule has 1 amide bonds. The number of ether oxygens (including phenoxy) is 1. The number of alkyl halides is 1. The van der Waals surface area contributed by atoms with Crippen molar-refractivity contribution in [2.24, 2.45) is 5.92 Å². The van der Waals surface area contributed by atoms with Gasteiger partial charge in [0.05, 0.1) is 12.5 Å². The Bertz CT molecular complexity index is 442. The molecule has 0 spiro atoms. The van der Waals surface area contributed by atoms with Gasteiger partial charge in [0.2, 0.25) is 5.91 Å². The number of hydrogen-bond donors (Lipinski definition) is 1. The molecule has 0 unspecified atom stereocenters. The molecule has 3 nitrogen and oxygen atoms in total. The Morgan fingerprint density at radius 2 is 1.90 bits per heavy atom. The van der Waals surface area contributed by atoms with Gasteiger partial charge in [0.1, 0.15) is 5.75 Å². The van der Waals surface area contributed by atoms with Crippen LogP contribution in [0.4, 0.5) is 5.69 Å². The minimum atomic E-state index is 0.0889. The highest BCUT2D eigenvalue weighted by Crippen LogP contribution is 2.25. The molecule has 0 radical (unpaired) electrons. The van der Waals surface area contributed by atoms with Crippen molar-refractivity contribution in [3.8, 4) is 5.75 Å². The molecule has 0 heterocycles.